The summed E-state index contributed by atoms with van der Waals surface area (Å²) in [6.45, 7) is 0. The number of aromatic nitrogens is 3. The SMILES string of the molecule is Cn1cc(C(=O)c2ncccc2N)cn1. The minimum atomic E-state index is -0.207. The summed E-state index contributed by atoms with van der Waals surface area (Å²) in [4.78, 5) is 15.8. The lowest BCUT2D eigenvalue weighted by molar-refractivity contribution is 0.103. The number of carbonyl (C=O) groups excluding carboxylic acids is 1. The second-order valence-electron chi connectivity index (χ2n) is 3.17. The number of hydrogen-bond acceptors (Lipinski definition) is 4. The van der Waals surface area contributed by atoms with Gasteiger partial charge < -0.3 is 5.73 Å². The highest BCUT2D eigenvalue weighted by Crippen LogP contribution is 2.12. The van der Waals surface area contributed by atoms with Gasteiger partial charge in [-0.05, 0) is 12.1 Å². The van der Waals surface area contributed by atoms with Crippen molar-refractivity contribution in [3.05, 3.63) is 42.0 Å². The molecule has 2 rings (SSSR count). The molecular formula is C10H10N4O. The van der Waals surface area contributed by atoms with Crippen LogP contribution in [0.15, 0.2) is 30.7 Å². The lowest BCUT2D eigenvalue weighted by atomic mass is 10.1. The van der Waals surface area contributed by atoms with E-state index in [4.69, 9.17) is 5.73 Å². The Bertz CT molecular complexity index is 504. The predicted octanol–water partition coefficient (Wildman–Crippen LogP) is 0.628. The van der Waals surface area contributed by atoms with Crippen LogP contribution in [0.1, 0.15) is 16.1 Å². The number of rotatable bonds is 2. The summed E-state index contributed by atoms with van der Waals surface area (Å²) >= 11 is 0. The molecule has 2 heterocycles. The summed E-state index contributed by atoms with van der Waals surface area (Å²) in [7, 11) is 1.75. The van der Waals surface area contributed by atoms with Crippen molar-refractivity contribution in [2.75, 3.05) is 5.73 Å². The molecule has 0 aliphatic heterocycles. The zero-order chi connectivity index (χ0) is 10.8. The van der Waals surface area contributed by atoms with E-state index < -0.39 is 0 Å². The molecular weight excluding hydrogens is 192 g/mol. The Labute approximate surface area is 86.5 Å². The van der Waals surface area contributed by atoms with E-state index in [0.29, 0.717) is 11.3 Å². The molecule has 0 bridgehead atoms. The molecule has 2 N–H and O–H groups in total. The molecule has 0 fully saturated rings. The smallest absolute Gasteiger partial charge is 0.216 e. The minimum Gasteiger partial charge on any atom is -0.397 e. The van der Waals surface area contributed by atoms with Crippen molar-refractivity contribution >= 4 is 11.5 Å². The quantitative estimate of drug-likeness (QED) is 0.725. The van der Waals surface area contributed by atoms with Crippen LogP contribution < -0.4 is 5.73 Å². The fraction of sp³-hybridized carbons (Fsp3) is 0.100. The van der Waals surface area contributed by atoms with E-state index >= 15 is 0 Å². The summed E-state index contributed by atoms with van der Waals surface area (Å²) in [5, 5.41) is 3.92. The van der Waals surface area contributed by atoms with Gasteiger partial charge in [0, 0.05) is 19.4 Å². The van der Waals surface area contributed by atoms with Gasteiger partial charge >= 0.3 is 0 Å². The standard InChI is InChI=1S/C10H10N4O/c1-14-6-7(5-13-14)10(15)9-8(11)3-2-4-12-9/h2-6H,11H2,1H3. The van der Waals surface area contributed by atoms with Crippen molar-refractivity contribution in [3.8, 4) is 0 Å². The lowest BCUT2D eigenvalue weighted by Crippen LogP contribution is -2.06. The van der Waals surface area contributed by atoms with Gasteiger partial charge in [0.15, 0.2) is 0 Å². The van der Waals surface area contributed by atoms with Crippen molar-refractivity contribution in [2.45, 2.75) is 0 Å². The van der Waals surface area contributed by atoms with Crippen molar-refractivity contribution in [1.82, 2.24) is 14.8 Å². The Morgan fingerprint density at radius 1 is 1.53 bits per heavy atom. The zero-order valence-corrected chi connectivity index (χ0v) is 8.21. The fourth-order valence-electron chi connectivity index (χ4n) is 1.28. The third-order valence-electron chi connectivity index (χ3n) is 2.02. The van der Waals surface area contributed by atoms with Crippen molar-refractivity contribution in [2.24, 2.45) is 7.05 Å². The van der Waals surface area contributed by atoms with E-state index in [-0.39, 0.29) is 11.5 Å². The van der Waals surface area contributed by atoms with Gasteiger partial charge in [0.2, 0.25) is 5.78 Å². The maximum absolute atomic E-state index is 11.9. The number of aryl methyl sites for hydroxylation is 1. The Hall–Kier alpha value is -2.17. The Balaban J connectivity index is 2.41. The molecule has 0 saturated carbocycles. The van der Waals surface area contributed by atoms with Gasteiger partial charge in [0.25, 0.3) is 0 Å². The van der Waals surface area contributed by atoms with Crippen molar-refractivity contribution in [3.63, 3.8) is 0 Å². The summed E-state index contributed by atoms with van der Waals surface area (Å²) < 4.78 is 1.56. The zero-order valence-electron chi connectivity index (χ0n) is 8.21. The summed E-state index contributed by atoms with van der Waals surface area (Å²) in [6.07, 6.45) is 4.67. The first kappa shape index (κ1) is 9.39. The highest BCUT2D eigenvalue weighted by molar-refractivity contribution is 6.10. The first-order valence-corrected chi connectivity index (χ1v) is 4.42. The van der Waals surface area contributed by atoms with Gasteiger partial charge in [-0.15, -0.1) is 0 Å². The molecule has 0 aliphatic carbocycles. The number of hydrogen-bond donors (Lipinski definition) is 1. The molecule has 0 saturated heterocycles. The highest BCUT2D eigenvalue weighted by Gasteiger charge is 2.14. The number of ketones is 1. The number of nitrogens with zero attached hydrogens (tertiary/aromatic N) is 3. The Morgan fingerprint density at radius 2 is 2.33 bits per heavy atom. The third kappa shape index (κ3) is 1.71. The summed E-state index contributed by atoms with van der Waals surface area (Å²) in [6, 6.07) is 3.34. The molecule has 2 aromatic heterocycles. The number of anilines is 1. The summed E-state index contributed by atoms with van der Waals surface area (Å²) in [5.74, 6) is -0.207. The van der Waals surface area contributed by atoms with E-state index in [1.54, 1.807) is 36.3 Å². The van der Waals surface area contributed by atoms with E-state index in [1.807, 2.05) is 0 Å². The van der Waals surface area contributed by atoms with Crippen LogP contribution >= 0.6 is 0 Å². The Morgan fingerprint density at radius 3 is 2.93 bits per heavy atom. The van der Waals surface area contributed by atoms with E-state index in [2.05, 4.69) is 10.1 Å². The number of pyridine rings is 1. The molecule has 0 atom stereocenters. The van der Waals surface area contributed by atoms with Gasteiger partial charge in [-0.2, -0.15) is 5.10 Å². The van der Waals surface area contributed by atoms with Crippen LogP contribution in [0.2, 0.25) is 0 Å². The van der Waals surface area contributed by atoms with Crippen molar-refractivity contribution < 1.29 is 4.79 Å². The second-order valence-corrected chi connectivity index (χ2v) is 3.17. The summed E-state index contributed by atoms with van der Waals surface area (Å²) in [5.41, 5.74) is 6.79. The van der Waals surface area contributed by atoms with Crippen molar-refractivity contribution in [1.29, 1.82) is 0 Å². The second kappa shape index (κ2) is 3.53. The van der Waals surface area contributed by atoms with Crippen LogP contribution in [-0.4, -0.2) is 20.5 Å². The van der Waals surface area contributed by atoms with E-state index in [0.717, 1.165) is 0 Å². The molecule has 76 valence electrons. The van der Waals surface area contributed by atoms with E-state index in [9.17, 15) is 4.79 Å². The lowest BCUT2D eigenvalue weighted by Gasteiger charge is -2.00. The van der Waals surface area contributed by atoms with Gasteiger partial charge in [0.05, 0.1) is 17.4 Å². The molecule has 0 unspecified atom stereocenters. The number of nitrogens with two attached hydrogens (primary N) is 1. The predicted molar refractivity (Wildman–Crippen MR) is 55.3 cm³/mol. The van der Waals surface area contributed by atoms with Gasteiger partial charge in [0.1, 0.15) is 5.69 Å². The van der Waals surface area contributed by atoms with Crippen LogP contribution in [0.5, 0.6) is 0 Å². The van der Waals surface area contributed by atoms with Crippen LogP contribution in [0.3, 0.4) is 0 Å². The molecule has 2 aromatic rings. The first-order valence-electron chi connectivity index (χ1n) is 4.42. The number of carbonyl (C=O) groups is 1. The largest absolute Gasteiger partial charge is 0.397 e. The maximum atomic E-state index is 11.9. The van der Waals surface area contributed by atoms with Gasteiger partial charge in [-0.3, -0.25) is 14.5 Å². The normalized spacial score (nSPS) is 10.2. The van der Waals surface area contributed by atoms with E-state index in [1.165, 1.54) is 6.20 Å². The minimum absolute atomic E-state index is 0.207. The van der Waals surface area contributed by atoms with Crippen LogP contribution in [0.25, 0.3) is 0 Å². The van der Waals surface area contributed by atoms with Crippen LogP contribution in [0.4, 0.5) is 5.69 Å². The topological polar surface area (TPSA) is 73.8 Å². The molecule has 0 aromatic carbocycles. The molecule has 5 nitrogen and oxygen atoms in total. The molecule has 0 amide bonds. The van der Waals surface area contributed by atoms with Crippen LogP contribution in [-0.2, 0) is 7.05 Å². The number of nitrogen functional groups attached to an aromatic ring is 1. The highest BCUT2D eigenvalue weighted by atomic mass is 16.1. The van der Waals surface area contributed by atoms with Gasteiger partial charge in [-0.1, -0.05) is 0 Å². The monoisotopic (exact) mass is 202 g/mol. The third-order valence-corrected chi connectivity index (χ3v) is 2.02. The fourth-order valence-corrected chi connectivity index (χ4v) is 1.28. The first-order chi connectivity index (χ1) is 7.18. The molecule has 0 spiro atoms. The molecule has 15 heavy (non-hydrogen) atoms. The Kier molecular flexibility index (Phi) is 2.21. The van der Waals surface area contributed by atoms with Gasteiger partial charge in [-0.25, -0.2) is 0 Å². The molecule has 0 aliphatic rings. The average molecular weight is 202 g/mol. The molecule has 5 heteroatoms. The molecule has 0 radical (unpaired) electrons. The average Bonchev–Trinajstić information content (AvgIpc) is 2.65. The van der Waals surface area contributed by atoms with Crippen LogP contribution in [0, 0.1) is 0 Å². The maximum Gasteiger partial charge on any atom is 0.216 e.